The number of rotatable bonds is 6. The van der Waals surface area contributed by atoms with E-state index in [1.807, 2.05) is 11.8 Å². The number of nitrogens with one attached hydrogen (secondary N) is 1. The van der Waals surface area contributed by atoms with Crippen molar-refractivity contribution in [3.8, 4) is 0 Å². The summed E-state index contributed by atoms with van der Waals surface area (Å²) in [6.07, 6.45) is 4.04. The van der Waals surface area contributed by atoms with Crippen LogP contribution in [0.2, 0.25) is 0 Å². The van der Waals surface area contributed by atoms with Gasteiger partial charge in [-0.1, -0.05) is 20.3 Å². The molecule has 0 aliphatic carbocycles. The SMILES string of the molecule is CCCC(NC1CCN(C(=O)CC)C1)c1ccsc1. The lowest BCUT2D eigenvalue weighted by Gasteiger charge is -2.22. The van der Waals surface area contributed by atoms with Crippen LogP contribution in [-0.4, -0.2) is 29.9 Å². The molecule has 2 unspecified atom stereocenters. The molecule has 2 rings (SSSR count). The van der Waals surface area contributed by atoms with Gasteiger partial charge in [0.1, 0.15) is 0 Å². The normalized spacial score (nSPS) is 20.7. The summed E-state index contributed by atoms with van der Waals surface area (Å²) >= 11 is 1.76. The number of hydrogen-bond donors (Lipinski definition) is 1. The zero-order chi connectivity index (χ0) is 13.7. The average Bonchev–Trinajstić information content (AvgIpc) is 3.08. The summed E-state index contributed by atoms with van der Waals surface area (Å²) in [6.45, 7) is 5.95. The first-order valence-electron chi connectivity index (χ1n) is 7.30. The van der Waals surface area contributed by atoms with Gasteiger partial charge in [-0.05, 0) is 35.2 Å². The molecule has 0 aromatic carbocycles. The Kier molecular flexibility index (Phi) is 5.40. The van der Waals surface area contributed by atoms with Gasteiger partial charge in [0, 0.05) is 31.6 Å². The van der Waals surface area contributed by atoms with Crippen LogP contribution in [0.25, 0.3) is 0 Å². The summed E-state index contributed by atoms with van der Waals surface area (Å²) in [6, 6.07) is 3.10. The molecule has 1 saturated heterocycles. The maximum Gasteiger partial charge on any atom is 0.222 e. The second-order valence-electron chi connectivity index (χ2n) is 5.24. The van der Waals surface area contributed by atoms with E-state index in [9.17, 15) is 4.79 Å². The van der Waals surface area contributed by atoms with Crippen molar-refractivity contribution >= 4 is 17.2 Å². The standard InChI is InChI=1S/C15H24N2OS/c1-3-5-14(12-7-9-19-11-12)16-13-6-8-17(10-13)15(18)4-2/h7,9,11,13-14,16H,3-6,8,10H2,1-2H3. The van der Waals surface area contributed by atoms with Gasteiger partial charge in [-0.15, -0.1) is 0 Å². The maximum atomic E-state index is 11.7. The molecule has 0 radical (unpaired) electrons. The Morgan fingerprint density at radius 3 is 3.05 bits per heavy atom. The predicted molar refractivity (Wildman–Crippen MR) is 80.4 cm³/mol. The van der Waals surface area contributed by atoms with Crippen LogP contribution in [0.4, 0.5) is 0 Å². The van der Waals surface area contributed by atoms with Gasteiger partial charge in [0.05, 0.1) is 0 Å². The number of hydrogen-bond acceptors (Lipinski definition) is 3. The first kappa shape index (κ1) is 14.5. The molecule has 3 nitrogen and oxygen atoms in total. The molecule has 2 atom stereocenters. The highest BCUT2D eigenvalue weighted by Crippen LogP contribution is 2.23. The fraction of sp³-hybridized carbons (Fsp3) is 0.667. The van der Waals surface area contributed by atoms with Crippen molar-refractivity contribution in [2.45, 2.75) is 51.6 Å². The molecule has 0 saturated carbocycles. The fourth-order valence-corrected chi connectivity index (χ4v) is 3.45. The van der Waals surface area contributed by atoms with E-state index in [4.69, 9.17) is 0 Å². The van der Waals surface area contributed by atoms with Crippen LogP contribution < -0.4 is 5.32 Å². The highest BCUT2D eigenvalue weighted by atomic mass is 32.1. The first-order chi connectivity index (χ1) is 9.24. The zero-order valence-electron chi connectivity index (χ0n) is 11.9. The quantitative estimate of drug-likeness (QED) is 0.868. The van der Waals surface area contributed by atoms with Crippen molar-refractivity contribution in [2.75, 3.05) is 13.1 Å². The number of thiophene rings is 1. The Hall–Kier alpha value is -0.870. The highest BCUT2D eigenvalue weighted by molar-refractivity contribution is 7.07. The van der Waals surface area contributed by atoms with Crippen molar-refractivity contribution in [3.05, 3.63) is 22.4 Å². The molecule has 1 N–H and O–H groups in total. The van der Waals surface area contributed by atoms with Crippen LogP contribution in [-0.2, 0) is 4.79 Å². The molecule has 2 heterocycles. The second kappa shape index (κ2) is 7.06. The van der Waals surface area contributed by atoms with Crippen LogP contribution in [0.1, 0.15) is 51.1 Å². The van der Waals surface area contributed by atoms with Gasteiger partial charge >= 0.3 is 0 Å². The van der Waals surface area contributed by atoms with Crippen molar-refractivity contribution in [2.24, 2.45) is 0 Å². The van der Waals surface area contributed by atoms with E-state index >= 15 is 0 Å². The number of nitrogens with zero attached hydrogens (tertiary/aromatic N) is 1. The summed E-state index contributed by atoms with van der Waals surface area (Å²) in [4.78, 5) is 13.7. The van der Waals surface area contributed by atoms with Crippen LogP contribution >= 0.6 is 11.3 Å². The smallest absolute Gasteiger partial charge is 0.222 e. The lowest BCUT2D eigenvalue weighted by molar-refractivity contribution is -0.129. The van der Waals surface area contributed by atoms with E-state index in [1.165, 1.54) is 12.0 Å². The van der Waals surface area contributed by atoms with Gasteiger partial charge in [-0.2, -0.15) is 11.3 Å². The number of likely N-dealkylation sites (tertiary alicyclic amines) is 1. The van der Waals surface area contributed by atoms with Gasteiger partial charge in [0.25, 0.3) is 0 Å². The Bertz CT molecular complexity index is 391. The molecule has 0 spiro atoms. The van der Waals surface area contributed by atoms with Gasteiger partial charge in [0.15, 0.2) is 0 Å². The maximum absolute atomic E-state index is 11.7. The summed E-state index contributed by atoms with van der Waals surface area (Å²) in [5.41, 5.74) is 1.40. The van der Waals surface area contributed by atoms with Crippen LogP contribution in [0.3, 0.4) is 0 Å². The third-order valence-electron chi connectivity index (χ3n) is 3.80. The molecule has 19 heavy (non-hydrogen) atoms. The van der Waals surface area contributed by atoms with Gasteiger partial charge < -0.3 is 10.2 Å². The van der Waals surface area contributed by atoms with E-state index in [-0.39, 0.29) is 5.91 Å². The summed E-state index contributed by atoms with van der Waals surface area (Å²) in [5, 5.41) is 8.11. The lowest BCUT2D eigenvalue weighted by atomic mass is 10.0. The van der Waals surface area contributed by atoms with Crippen LogP contribution in [0, 0.1) is 0 Å². The summed E-state index contributed by atoms with van der Waals surface area (Å²) in [5.74, 6) is 0.284. The minimum atomic E-state index is 0.284. The molecule has 1 aromatic heterocycles. The number of carbonyl (C=O) groups is 1. The van der Waals surface area contributed by atoms with E-state index in [0.29, 0.717) is 18.5 Å². The lowest BCUT2D eigenvalue weighted by Crippen LogP contribution is -2.36. The third-order valence-corrected chi connectivity index (χ3v) is 4.50. The summed E-state index contributed by atoms with van der Waals surface area (Å²) in [7, 11) is 0. The van der Waals surface area contributed by atoms with Crippen molar-refractivity contribution < 1.29 is 4.79 Å². The summed E-state index contributed by atoms with van der Waals surface area (Å²) < 4.78 is 0. The largest absolute Gasteiger partial charge is 0.341 e. The molecule has 1 amide bonds. The number of carbonyl (C=O) groups excluding carboxylic acids is 1. The first-order valence-corrected chi connectivity index (χ1v) is 8.24. The van der Waals surface area contributed by atoms with Crippen molar-refractivity contribution in [1.82, 2.24) is 10.2 Å². The van der Waals surface area contributed by atoms with Crippen LogP contribution in [0.15, 0.2) is 16.8 Å². The molecule has 4 heteroatoms. The van der Waals surface area contributed by atoms with Gasteiger partial charge in [-0.25, -0.2) is 0 Å². The second-order valence-corrected chi connectivity index (χ2v) is 6.02. The molecule has 1 aromatic rings. The van der Waals surface area contributed by atoms with Crippen LogP contribution in [0.5, 0.6) is 0 Å². The Morgan fingerprint density at radius 1 is 1.58 bits per heavy atom. The van der Waals surface area contributed by atoms with E-state index in [0.717, 1.165) is 25.9 Å². The molecule has 0 bridgehead atoms. The highest BCUT2D eigenvalue weighted by Gasteiger charge is 2.27. The monoisotopic (exact) mass is 280 g/mol. The minimum Gasteiger partial charge on any atom is -0.341 e. The Morgan fingerprint density at radius 2 is 2.42 bits per heavy atom. The molecular formula is C15H24N2OS. The van der Waals surface area contributed by atoms with E-state index < -0.39 is 0 Å². The number of amides is 1. The van der Waals surface area contributed by atoms with Gasteiger partial charge in [0.2, 0.25) is 5.91 Å². The Labute approximate surface area is 120 Å². The Balaban J connectivity index is 1.90. The third kappa shape index (κ3) is 3.80. The predicted octanol–water partition coefficient (Wildman–Crippen LogP) is 3.19. The molecule has 1 fully saturated rings. The van der Waals surface area contributed by atoms with E-state index in [2.05, 4.69) is 29.1 Å². The molecular weight excluding hydrogens is 256 g/mol. The molecule has 1 aliphatic rings. The topological polar surface area (TPSA) is 32.3 Å². The van der Waals surface area contributed by atoms with E-state index in [1.54, 1.807) is 11.3 Å². The molecule has 1 aliphatic heterocycles. The zero-order valence-corrected chi connectivity index (χ0v) is 12.7. The van der Waals surface area contributed by atoms with Crippen molar-refractivity contribution in [3.63, 3.8) is 0 Å². The molecule has 106 valence electrons. The van der Waals surface area contributed by atoms with Crippen molar-refractivity contribution in [1.29, 1.82) is 0 Å². The minimum absolute atomic E-state index is 0.284. The average molecular weight is 280 g/mol. The fourth-order valence-electron chi connectivity index (χ4n) is 2.74. The van der Waals surface area contributed by atoms with Gasteiger partial charge in [-0.3, -0.25) is 4.79 Å².